The van der Waals surface area contributed by atoms with Gasteiger partial charge in [0.05, 0.1) is 0 Å². The number of nitrogens with zero attached hydrogens (tertiary/aromatic N) is 1. The fourth-order valence-corrected chi connectivity index (χ4v) is 2.77. The molecule has 4 heteroatoms. The molecule has 0 fully saturated rings. The van der Waals surface area contributed by atoms with E-state index < -0.39 is 0 Å². The van der Waals surface area contributed by atoms with Gasteiger partial charge in [-0.3, -0.25) is 0 Å². The van der Waals surface area contributed by atoms with Gasteiger partial charge in [-0.2, -0.15) is 0 Å². The Morgan fingerprint density at radius 1 is 1.12 bits per heavy atom. The summed E-state index contributed by atoms with van der Waals surface area (Å²) in [6.45, 7) is 18.8. The maximum atomic E-state index is 12.5. The van der Waals surface area contributed by atoms with E-state index in [2.05, 4.69) is 66.8 Å². The van der Waals surface area contributed by atoms with Gasteiger partial charge in [0.15, 0.2) is 6.73 Å². The van der Waals surface area contributed by atoms with E-state index in [0.29, 0.717) is 11.8 Å². The highest BCUT2D eigenvalue weighted by molar-refractivity contribution is 5.74. The minimum atomic E-state index is -0.0631. The number of hydrogen-bond acceptors (Lipinski definition) is 2. The third-order valence-electron chi connectivity index (χ3n) is 3.85. The van der Waals surface area contributed by atoms with Crippen LogP contribution in [0.1, 0.15) is 59.6 Å². The van der Waals surface area contributed by atoms with Gasteiger partial charge in [-0.05, 0) is 35.8 Å². The molecule has 0 bridgehead atoms. The van der Waals surface area contributed by atoms with Crippen LogP contribution in [-0.2, 0) is 5.41 Å². The Balaban J connectivity index is 2.71. The molecule has 0 saturated carbocycles. The molecule has 25 heavy (non-hydrogen) atoms. The molecule has 142 valence electrons. The normalized spacial score (nSPS) is 11.8. The summed E-state index contributed by atoms with van der Waals surface area (Å²) in [5.41, 5.74) is 2.36. The smallest absolute Gasteiger partial charge is 0.320 e. The van der Waals surface area contributed by atoms with Crippen LogP contribution in [0, 0.1) is 18.8 Å². The Morgan fingerprint density at radius 2 is 1.68 bits per heavy atom. The summed E-state index contributed by atoms with van der Waals surface area (Å²) in [7, 11) is 0. The number of aryl methyl sites for hydroxylation is 1. The lowest BCUT2D eigenvalue weighted by atomic mass is 9.85. The maximum Gasteiger partial charge on any atom is 0.320 e. The minimum absolute atomic E-state index is 0.00726. The third kappa shape index (κ3) is 7.37. The fourth-order valence-electron chi connectivity index (χ4n) is 2.77. The molecule has 4 nitrogen and oxygen atoms in total. The molecule has 0 aliphatic heterocycles. The summed E-state index contributed by atoms with van der Waals surface area (Å²) in [6, 6.07) is 6.12. The van der Waals surface area contributed by atoms with E-state index in [4.69, 9.17) is 4.74 Å². The van der Waals surface area contributed by atoms with Gasteiger partial charge in [0, 0.05) is 13.1 Å². The van der Waals surface area contributed by atoms with E-state index in [0.717, 1.165) is 24.4 Å². The van der Waals surface area contributed by atoms with E-state index in [1.165, 1.54) is 5.56 Å². The average molecular weight is 349 g/mol. The molecule has 0 heterocycles. The zero-order valence-electron chi connectivity index (χ0n) is 17.3. The first-order valence-electron chi connectivity index (χ1n) is 9.27. The van der Waals surface area contributed by atoms with Crippen molar-refractivity contribution in [3.63, 3.8) is 0 Å². The first kappa shape index (κ1) is 21.3. The summed E-state index contributed by atoms with van der Waals surface area (Å²) in [5.74, 6) is 1.71. The highest BCUT2D eigenvalue weighted by Crippen LogP contribution is 2.31. The number of ether oxygens (including phenoxy) is 1. The molecule has 0 aliphatic rings. The lowest BCUT2D eigenvalue weighted by molar-refractivity contribution is 0.171. The molecule has 1 aromatic rings. The Hall–Kier alpha value is -1.71. The van der Waals surface area contributed by atoms with E-state index >= 15 is 0 Å². The number of hydrogen-bond donors (Lipinski definition) is 1. The molecule has 0 unspecified atom stereocenters. The summed E-state index contributed by atoms with van der Waals surface area (Å²) < 4.78 is 5.89. The summed E-state index contributed by atoms with van der Waals surface area (Å²) in [5, 5.41) is 2.90. The van der Waals surface area contributed by atoms with Crippen LogP contribution in [0.4, 0.5) is 4.79 Å². The maximum absolute atomic E-state index is 12.5. The van der Waals surface area contributed by atoms with Gasteiger partial charge >= 0.3 is 6.03 Å². The Bertz CT molecular complexity index is 550. The van der Waals surface area contributed by atoms with Gasteiger partial charge in [-0.15, -0.1) is 0 Å². The molecular weight excluding hydrogens is 312 g/mol. The number of benzene rings is 1. The van der Waals surface area contributed by atoms with Crippen LogP contribution < -0.4 is 10.1 Å². The van der Waals surface area contributed by atoms with Gasteiger partial charge in [-0.1, -0.05) is 66.2 Å². The second kappa shape index (κ2) is 9.12. The van der Waals surface area contributed by atoms with Crippen molar-refractivity contribution in [1.29, 1.82) is 0 Å². The van der Waals surface area contributed by atoms with Gasteiger partial charge in [0.1, 0.15) is 5.75 Å². The Morgan fingerprint density at radius 3 is 2.16 bits per heavy atom. The van der Waals surface area contributed by atoms with Gasteiger partial charge < -0.3 is 15.0 Å². The van der Waals surface area contributed by atoms with Gasteiger partial charge in [0.2, 0.25) is 0 Å². The van der Waals surface area contributed by atoms with E-state index in [-0.39, 0.29) is 18.2 Å². The molecule has 2 amide bonds. The summed E-state index contributed by atoms with van der Waals surface area (Å²) >= 11 is 0. The molecule has 0 saturated heterocycles. The second-order valence-corrected chi connectivity index (χ2v) is 8.71. The number of rotatable bonds is 7. The first-order valence-corrected chi connectivity index (χ1v) is 9.27. The number of nitrogens with one attached hydrogen (secondary N) is 1. The predicted octanol–water partition coefficient (Wildman–Crippen LogP) is 4.95. The van der Waals surface area contributed by atoms with Gasteiger partial charge in [-0.25, -0.2) is 4.79 Å². The molecule has 0 spiro atoms. The van der Waals surface area contributed by atoms with Crippen LogP contribution in [0.2, 0.25) is 0 Å². The Labute approximate surface area is 153 Å². The van der Waals surface area contributed by atoms with Crippen LogP contribution in [0.3, 0.4) is 0 Å². The topological polar surface area (TPSA) is 41.6 Å². The second-order valence-electron chi connectivity index (χ2n) is 8.71. The van der Waals surface area contributed by atoms with Crippen molar-refractivity contribution in [3.05, 3.63) is 29.3 Å². The molecule has 0 aromatic heterocycles. The van der Waals surface area contributed by atoms with Crippen LogP contribution in [-0.4, -0.2) is 30.8 Å². The molecule has 1 aromatic carbocycles. The zero-order valence-corrected chi connectivity index (χ0v) is 17.3. The predicted molar refractivity (Wildman–Crippen MR) is 105 cm³/mol. The number of carbonyl (C=O) groups is 1. The van der Waals surface area contributed by atoms with Crippen molar-refractivity contribution in [2.75, 3.05) is 19.8 Å². The molecule has 1 rings (SSSR count). The van der Waals surface area contributed by atoms with Crippen LogP contribution >= 0.6 is 0 Å². The molecule has 1 N–H and O–H groups in total. The third-order valence-corrected chi connectivity index (χ3v) is 3.85. The van der Waals surface area contributed by atoms with Crippen LogP contribution in [0.15, 0.2) is 18.2 Å². The SMILES string of the molecule is Cc1ccc(OCNC(=O)N(CC(C)C)CC(C)C)c(C(C)(C)C)c1. The highest BCUT2D eigenvalue weighted by Gasteiger charge is 2.20. The number of amides is 2. The minimum Gasteiger partial charge on any atom is -0.473 e. The number of urea groups is 1. The lowest BCUT2D eigenvalue weighted by Gasteiger charge is -2.27. The molecule has 0 radical (unpaired) electrons. The molecular formula is C21H36N2O2. The first-order chi connectivity index (χ1) is 11.5. The standard InChI is InChI=1S/C21H36N2O2/c1-15(2)12-23(13-16(3)4)20(24)22-14-25-19-10-9-17(5)11-18(19)21(6,7)8/h9-11,15-16H,12-14H2,1-8H3,(H,22,24). The largest absolute Gasteiger partial charge is 0.473 e. The zero-order chi connectivity index (χ0) is 19.2. The van der Waals surface area contributed by atoms with E-state index in [1.54, 1.807) is 0 Å². The van der Waals surface area contributed by atoms with Crippen molar-refractivity contribution in [3.8, 4) is 5.75 Å². The van der Waals surface area contributed by atoms with Crippen molar-refractivity contribution in [2.24, 2.45) is 11.8 Å². The van der Waals surface area contributed by atoms with Crippen molar-refractivity contribution in [2.45, 2.75) is 60.8 Å². The van der Waals surface area contributed by atoms with E-state index in [1.807, 2.05) is 17.0 Å². The monoisotopic (exact) mass is 348 g/mol. The van der Waals surface area contributed by atoms with E-state index in [9.17, 15) is 4.79 Å². The van der Waals surface area contributed by atoms with Gasteiger partial charge in [0.25, 0.3) is 0 Å². The van der Waals surface area contributed by atoms with Crippen molar-refractivity contribution in [1.82, 2.24) is 10.2 Å². The highest BCUT2D eigenvalue weighted by atomic mass is 16.5. The summed E-state index contributed by atoms with van der Waals surface area (Å²) in [4.78, 5) is 14.3. The number of carbonyl (C=O) groups excluding carboxylic acids is 1. The van der Waals surface area contributed by atoms with Crippen molar-refractivity contribution >= 4 is 6.03 Å². The van der Waals surface area contributed by atoms with Crippen LogP contribution in [0.25, 0.3) is 0 Å². The molecule has 0 atom stereocenters. The fraction of sp³-hybridized carbons (Fsp3) is 0.667. The molecule has 0 aliphatic carbocycles. The van der Waals surface area contributed by atoms with Crippen molar-refractivity contribution < 1.29 is 9.53 Å². The quantitative estimate of drug-likeness (QED) is 0.708. The Kier molecular flexibility index (Phi) is 7.78. The average Bonchev–Trinajstić information content (AvgIpc) is 2.45. The lowest BCUT2D eigenvalue weighted by Crippen LogP contribution is -2.44. The summed E-state index contributed by atoms with van der Waals surface area (Å²) in [6.07, 6.45) is 0. The van der Waals surface area contributed by atoms with Crippen LogP contribution in [0.5, 0.6) is 5.75 Å².